The van der Waals surface area contributed by atoms with E-state index in [1.165, 1.54) is 0 Å². The summed E-state index contributed by atoms with van der Waals surface area (Å²) >= 11 is 0. The minimum atomic E-state index is -1.32. The summed E-state index contributed by atoms with van der Waals surface area (Å²) in [6, 6.07) is 0. The van der Waals surface area contributed by atoms with Crippen molar-refractivity contribution >= 4 is 17.7 Å². The Balaban J connectivity index is 2.96. The third-order valence-electron chi connectivity index (χ3n) is 3.46. The van der Waals surface area contributed by atoms with Crippen molar-refractivity contribution in [2.24, 2.45) is 5.41 Å². The van der Waals surface area contributed by atoms with Crippen molar-refractivity contribution in [2.45, 2.75) is 52.4 Å². The van der Waals surface area contributed by atoms with Gasteiger partial charge in [0.05, 0.1) is 19.6 Å². The first-order valence-corrected chi connectivity index (χ1v) is 6.93. The van der Waals surface area contributed by atoms with Crippen molar-refractivity contribution in [1.82, 2.24) is 0 Å². The van der Waals surface area contributed by atoms with E-state index >= 15 is 0 Å². The molecule has 5 nitrogen and oxygen atoms in total. The second-order valence-corrected chi connectivity index (χ2v) is 4.77. The summed E-state index contributed by atoms with van der Waals surface area (Å²) in [5.74, 6) is -1.27. The molecule has 108 valence electrons. The molecule has 1 atom stereocenters. The smallest absolute Gasteiger partial charge is 0.320 e. The number of carbonyl (C=O) groups is 3. The summed E-state index contributed by atoms with van der Waals surface area (Å²) in [7, 11) is 0. The molecule has 0 bridgehead atoms. The highest BCUT2D eigenvalue weighted by Gasteiger charge is 2.48. The van der Waals surface area contributed by atoms with Gasteiger partial charge >= 0.3 is 11.9 Å². The summed E-state index contributed by atoms with van der Waals surface area (Å²) < 4.78 is 9.91. The van der Waals surface area contributed by atoms with Gasteiger partial charge < -0.3 is 9.47 Å². The molecule has 0 aromatic carbocycles. The zero-order valence-corrected chi connectivity index (χ0v) is 11.7. The van der Waals surface area contributed by atoms with E-state index in [0.29, 0.717) is 12.8 Å². The van der Waals surface area contributed by atoms with E-state index in [9.17, 15) is 14.4 Å². The summed E-state index contributed by atoms with van der Waals surface area (Å²) in [5.41, 5.74) is -1.32. The molecular formula is C14H22O5. The van der Waals surface area contributed by atoms with Crippen LogP contribution >= 0.6 is 0 Å². The molecule has 0 aliphatic heterocycles. The van der Waals surface area contributed by atoms with Crippen LogP contribution in [0.5, 0.6) is 0 Å². The maximum atomic E-state index is 12.3. The Morgan fingerprint density at radius 1 is 1.11 bits per heavy atom. The van der Waals surface area contributed by atoms with Gasteiger partial charge in [-0.2, -0.15) is 0 Å². The van der Waals surface area contributed by atoms with Crippen molar-refractivity contribution in [3.63, 3.8) is 0 Å². The number of carbonyl (C=O) groups excluding carboxylic acids is 3. The highest BCUT2D eigenvalue weighted by Crippen LogP contribution is 2.37. The Morgan fingerprint density at radius 3 is 2.42 bits per heavy atom. The molecule has 1 saturated carbocycles. The molecule has 5 heteroatoms. The number of esters is 2. The summed E-state index contributed by atoms with van der Waals surface area (Å²) in [6.07, 6.45) is 2.93. The van der Waals surface area contributed by atoms with Crippen LogP contribution < -0.4 is 0 Å². The Labute approximate surface area is 113 Å². The average Bonchev–Trinajstić information content (AvgIpc) is 2.54. The van der Waals surface area contributed by atoms with Gasteiger partial charge in [-0.15, -0.1) is 0 Å². The Kier molecular flexibility index (Phi) is 5.99. The van der Waals surface area contributed by atoms with Gasteiger partial charge in [-0.1, -0.05) is 12.8 Å². The van der Waals surface area contributed by atoms with Gasteiger partial charge in [0, 0.05) is 6.42 Å². The van der Waals surface area contributed by atoms with Crippen molar-refractivity contribution in [2.75, 3.05) is 13.2 Å². The summed E-state index contributed by atoms with van der Waals surface area (Å²) in [5, 5.41) is 0. The van der Waals surface area contributed by atoms with E-state index < -0.39 is 17.4 Å². The zero-order valence-electron chi connectivity index (χ0n) is 11.7. The highest BCUT2D eigenvalue weighted by atomic mass is 16.5. The lowest BCUT2D eigenvalue weighted by molar-refractivity contribution is -0.167. The SMILES string of the molecule is CCOC(=O)CC1(C(=O)OCC)CCCCCC1=O. The molecule has 1 fully saturated rings. The first kappa shape index (κ1) is 15.7. The van der Waals surface area contributed by atoms with Crippen LogP contribution in [-0.2, 0) is 23.9 Å². The normalized spacial score (nSPS) is 23.6. The molecule has 0 aromatic rings. The van der Waals surface area contributed by atoms with Crippen LogP contribution in [0.3, 0.4) is 0 Å². The van der Waals surface area contributed by atoms with Gasteiger partial charge in [0.1, 0.15) is 5.41 Å². The molecule has 19 heavy (non-hydrogen) atoms. The van der Waals surface area contributed by atoms with Gasteiger partial charge in [-0.25, -0.2) is 0 Å². The number of rotatable bonds is 5. The second-order valence-electron chi connectivity index (χ2n) is 4.77. The molecule has 0 amide bonds. The first-order chi connectivity index (χ1) is 9.06. The monoisotopic (exact) mass is 270 g/mol. The van der Waals surface area contributed by atoms with Gasteiger partial charge in [-0.05, 0) is 26.7 Å². The van der Waals surface area contributed by atoms with Crippen LogP contribution in [0.25, 0.3) is 0 Å². The number of ether oxygens (including phenoxy) is 2. The lowest BCUT2D eigenvalue weighted by Crippen LogP contribution is -2.42. The molecule has 0 N–H and O–H groups in total. The Bertz CT molecular complexity index is 350. The Hall–Kier alpha value is -1.39. The maximum absolute atomic E-state index is 12.3. The third-order valence-corrected chi connectivity index (χ3v) is 3.46. The number of hydrogen-bond donors (Lipinski definition) is 0. The summed E-state index contributed by atoms with van der Waals surface area (Å²) in [6.45, 7) is 3.84. The standard InChI is InChI=1S/C14H22O5/c1-3-18-12(16)10-14(13(17)19-4-2)9-7-5-6-8-11(14)15/h3-10H2,1-2H3. The fourth-order valence-corrected chi connectivity index (χ4v) is 2.47. The molecule has 1 unspecified atom stereocenters. The number of Topliss-reactive ketones (excluding diaryl/α,β-unsaturated/α-hetero) is 1. The fraction of sp³-hybridized carbons (Fsp3) is 0.786. The van der Waals surface area contributed by atoms with Gasteiger partial charge in [0.15, 0.2) is 5.78 Å². The molecule has 1 aliphatic rings. The van der Waals surface area contributed by atoms with Crippen LogP contribution in [0.4, 0.5) is 0 Å². The largest absolute Gasteiger partial charge is 0.466 e. The van der Waals surface area contributed by atoms with Crippen molar-refractivity contribution in [3.8, 4) is 0 Å². The molecule has 0 heterocycles. The van der Waals surface area contributed by atoms with Crippen molar-refractivity contribution in [1.29, 1.82) is 0 Å². The predicted molar refractivity (Wildman–Crippen MR) is 68.4 cm³/mol. The van der Waals surface area contributed by atoms with Crippen molar-refractivity contribution < 1.29 is 23.9 Å². The van der Waals surface area contributed by atoms with Gasteiger partial charge in [0.25, 0.3) is 0 Å². The molecule has 0 aromatic heterocycles. The summed E-state index contributed by atoms with van der Waals surface area (Å²) in [4.78, 5) is 36.2. The quantitative estimate of drug-likeness (QED) is 0.434. The van der Waals surface area contributed by atoms with Crippen LogP contribution in [0.2, 0.25) is 0 Å². The van der Waals surface area contributed by atoms with E-state index in [2.05, 4.69) is 0 Å². The van der Waals surface area contributed by atoms with Crippen LogP contribution in [0, 0.1) is 5.41 Å². The van der Waals surface area contributed by atoms with E-state index in [4.69, 9.17) is 9.47 Å². The lowest BCUT2D eigenvalue weighted by atomic mass is 9.76. The molecule has 1 aliphatic carbocycles. The van der Waals surface area contributed by atoms with Gasteiger partial charge in [-0.3, -0.25) is 14.4 Å². The van der Waals surface area contributed by atoms with E-state index in [0.717, 1.165) is 19.3 Å². The van der Waals surface area contributed by atoms with Crippen LogP contribution in [-0.4, -0.2) is 30.9 Å². The Morgan fingerprint density at radius 2 is 1.79 bits per heavy atom. The zero-order chi connectivity index (χ0) is 14.3. The van der Waals surface area contributed by atoms with E-state index in [1.807, 2.05) is 0 Å². The topological polar surface area (TPSA) is 69.7 Å². The number of hydrogen-bond acceptors (Lipinski definition) is 5. The maximum Gasteiger partial charge on any atom is 0.320 e. The third kappa shape index (κ3) is 3.78. The second kappa shape index (κ2) is 7.26. The minimum absolute atomic E-state index is 0.184. The highest BCUT2D eigenvalue weighted by molar-refractivity contribution is 6.06. The molecule has 1 rings (SSSR count). The molecule has 0 saturated heterocycles. The fourth-order valence-electron chi connectivity index (χ4n) is 2.47. The molecular weight excluding hydrogens is 248 g/mol. The van der Waals surface area contributed by atoms with Crippen LogP contribution in [0.1, 0.15) is 52.4 Å². The average molecular weight is 270 g/mol. The molecule has 0 radical (unpaired) electrons. The predicted octanol–water partition coefficient (Wildman–Crippen LogP) is 2.02. The first-order valence-electron chi connectivity index (χ1n) is 6.93. The van der Waals surface area contributed by atoms with E-state index in [-0.39, 0.29) is 25.4 Å². The van der Waals surface area contributed by atoms with Crippen LogP contribution in [0.15, 0.2) is 0 Å². The minimum Gasteiger partial charge on any atom is -0.466 e. The lowest BCUT2D eigenvalue weighted by Gasteiger charge is -2.27. The van der Waals surface area contributed by atoms with E-state index in [1.54, 1.807) is 13.8 Å². The van der Waals surface area contributed by atoms with Gasteiger partial charge in [0.2, 0.25) is 0 Å². The van der Waals surface area contributed by atoms with Crippen molar-refractivity contribution in [3.05, 3.63) is 0 Å². The molecule has 0 spiro atoms. The number of ketones is 1.